The SMILES string of the molecule is CC(N)Cc1cc2ccc(C(F)(F)F)cc2[nH]1. The van der Waals surface area contributed by atoms with E-state index in [2.05, 4.69) is 4.98 Å². The molecule has 2 rings (SSSR count). The van der Waals surface area contributed by atoms with Crippen LogP contribution in [0.4, 0.5) is 13.2 Å². The number of aromatic amines is 1. The lowest BCUT2D eigenvalue weighted by molar-refractivity contribution is -0.137. The van der Waals surface area contributed by atoms with Crippen LogP contribution in [0.15, 0.2) is 24.3 Å². The highest BCUT2D eigenvalue weighted by Gasteiger charge is 2.30. The van der Waals surface area contributed by atoms with Gasteiger partial charge >= 0.3 is 6.18 Å². The standard InChI is InChI=1S/C12H13F3N2/c1-7(16)4-10-5-8-2-3-9(12(13,14)15)6-11(8)17-10/h2-3,5-7,17H,4,16H2,1H3. The van der Waals surface area contributed by atoms with E-state index in [9.17, 15) is 13.2 Å². The van der Waals surface area contributed by atoms with Crippen molar-refractivity contribution in [3.8, 4) is 0 Å². The molecule has 0 aliphatic heterocycles. The summed E-state index contributed by atoms with van der Waals surface area (Å²) in [6.07, 6.45) is -3.68. The molecule has 3 N–H and O–H groups in total. The molecule has 1 unspecified atom stereocenters. The Bertz CT molecular complexity index is 526. The molecule has 1 aromatic heterocycles. The van der Waals surface area contributed by atoms with Crippen LogP contribution in [-0.4, -0.2) is 11.0 Å². The van der Waals surface area contributed by atoms with Gasteiger partial charge in [-0.15, -0.1) is 0 Å². The van der Waals surface area contributed by atoms with Crippen molar-refractivity contribution in [1.29, 1.82) is 0 Å². The van der Waals surface area contributed by atoms with Gasteiger partial charge in [-0.2, -0.15) is 13.2 Å². The molecule has 0 saturated heterocycles. The lowest BCUT2D eigenvalue weighted by atomic mass is 10.1. The molecule has 1 heterocycles. The van der Waals surface area contributed by atoms with Crippen LogP contribution >= 0.6 is 0 Å². The molecule has 17 heavy (non-hydrogen) atoms. The second-order valence-corrected chi connectivity index (χ2v) is 4.28. The van der Waals surface area contributed by atoms with Gasteiger partial charge in [-0.1, -0.05) is 6.07 Å². The fourth-order valence-electron chi connectivity index (χ4n) is 1.82. The monoisotopic (exact) mass is 242 g/mol. The summed E-state index contributed by atoms with van der Waals surface area (Å²) in [5.41, 5.74) is 6.36. The van der Waals surface area contributed by atoms with Crippen LogP contribution in [0.5, 0.6) is 0 Å². The predicted molar refractivity (Wildman–Crippen MR) is 60.7 cm³/mol. The molecule has 0 saturated carbocycles. The Labute approximate surface area is 96.6 Å². The number of alkyl halides is 3. The van der Waals surface area contributed by atoms with Crippen LogP contribution < -0.4 is 5.73 Å². The smallest absolute Gasteiger partial charge is 0.358 e. The summed E-state index contributed by atoms with van der Waals surface area (Å²) in [5, 5.41) is 0.772. The number of halogens is 3. The minimum atomic E-state index is -4.30. The fraction of sp³-hybridized carbons (Fsp3) is 0.333. The lowest BCUT2D eigenvalue weighted by Gasteiger charge is -2.05. The second-order valence-electron chi connectivity index (χ2n) is 4.28. The summed E-state index contributed by atoms with van der Waals surface area (Å²) in [4.78, 5) is 2.96. The third-order valence-corrected chi connectivity index (χ3v) is 2.55. The van der Waals surface area contributed by atoms with E-state index in [1.807, 2.05) is 13.0 Å². The highest BCUT2D eigenvalue weighted by molar-refractivity contribution is 5.81. The predicted octanol–water partition coefficient (Wildman–Crippen LogP) is 3.08. The van der Waals surface area contributed by atoms with E-state index in [0.29, 0.717) is 11.9 Å². The zero-order valence-electron chi connectivity index (χ0n) is 9.31. The number of aromatic nitrogens is 1. The fourth-order valence-corrected chi connectivity index (χ4v) is 1.82. The molecule has 92 valence electrons. The first-order chi connectivity index (χ1) is 7.86. The normalized spacial score (nSPS) is 14.2. The molecule has 0 fully saturated rings. The van der Waals surface area contributed by atoms with Crippen molar-refractivity contribution >= 4 is 10.9 Å². The average Bonchev–Trinajstić information content (AvgIpc) is 2.55. The van der Waals surface area contributed by atoms with Gasteiger partial charge in [-0.25, -0.2) is 0 Å². The molecule has 0 aliphatic rings. The summed E-state index contributed by atoms with van der Waals surface area (Å²) in [6, 6.07) is 5.49. The highest BCUT2D eigenvalue weighted by atomic mass is 19.4. The van der Waals surface area contributed by atoms with Gasteiger partial charge in [0.2, 0.25) is 0 Å². The largest absolute Gasteiger partial charge is 0.416 e. The highest BCUT2D eigenvalue weighted by Crippen LogP contribution is 2.31. The number of hydrogen-bond donors (Lipinski definition) is 2. The van der Waals surface area contributed by atoms with E-state index in [1.165, 1.54) is 6.07 Å². The van der Waals surface area contributed by atoms with Gasteiger partial charge in [-0.3, -0.25) is 0 Å². The third kappa shape index (κ3) is 2.61. The Morgan fingerprint density at radius 2 is 2.00 bits per heavy atom. The van der Waals surface area contributed by atoms with Crippen LogP contribution in [-0.2, 0) is 12.6 Å². The quantitative estimate of drug-likeness (QED) is 0.834. The molecule has 0 bridgehead atoms. The van der Waals surface area contributed by atoms with Crippen molar-refractivity contribution in [3.63, 3.8) is 0 Å². The molecule has 0 radical (unpaired) electrons. The van der Waals surface area contributed by atoms with Crippen LogP contribution in [0.25, 0.3) is 10.9 Å². The molecule has 1 aromatic carbocycles. The van der Waals surface area contributed by atoms with Crippen LogP contribution in [0.1, 0.15) is 18.2 Å². The number of benzene rings is 1. The molecular weight excluding hydrogens is 229 g/mol. The minimum Gasteiger partial charge on any atom is -0.358 e. The summed E-state index contributed by atoms with van der Waals surface area (Å²) in [6.45, 7) is 1.85. The molecule has 0 spiro atoms. The molecule has 0 aliphatic carbocycles. The summed E-state index contributed by atoms with van der Waals surface area (Å²) >= 11 is 0. The summed E-state index contributed by atoms with van der Waals surface area (Å²) in [7, 11) is 0. The van der Waals surface area contributed by atoms with Crippen molar-refractivity contribution in [2.45, 2.75) is 25.6 Å². The topological polar surface area (TPSA) is 41.8 Å². The Morgan fingerprint density at radius 3 is 2.59 bits per heavy atom. The van der Waals surface area contributed by atoms with E-state index in [1.54, 1.807) is 0 Å². The minimum absolute atomic E-state index is 0.0230. The summed E-state index contributed by atoms with van der Waals surface area (Å²) < 4.78 is 37.5. The zero-order valence-corrected chi connectivity index (χ0v) is 9.31. The molecule has 1 atom stereocenters. The van der Waals surface area contributed by atoms with Crippen LogP contribution in [0.3, 0.4) is 0 Å². The van der Waals surface area contributed by atoms with Gasteiger partial charge in [0.1, 0.15) is 0 Å². The van der Waals surface area contributed by atoms with Gasteiger partial charge in [-0.05, 0) is 30.5 Å². The van der Waals surface area contributed by atoms with Crippen LogP contribution in [0.2, 0.25) is 0 Å². The Hall–Kier alpha value is -1.49. The number of hydrogen-bond acceptors (Lipinski definition) is 1. The van der Waals surface area contributed by atoms with E-state index in [0.717, 1.165) is 23.2 Å². The average molecular weight is 242 g/mol. The maximum absolute atomic E-state index is 12.5. The van der Waals surface area contributed by atoms with Gasteiger partial charge in [0.15, 0.2) is 0 Å². The van der Waals surface area contributed by atoms with Crippen LogP contribution in [0, 0.1) is 0 Å². The Kier molecular flexibility index (Phi) is 2.87. The Balaban J connectivity index is 2.41. The van der Waals surface area contributed by atoms with E-state index < -0.39 is 11.7 Å². The van der Waals surface area contributed by atoms with Gasteiger partial charge in [0.05, 0.1) is 5.56 Å². The molecule has 5 heteroatoms. The first kappa shape index (κ1) is 12.0. The third-order valence-electron chi connectivity index (χ3n) is 2.55. The maximum Gasteiger partial charge on any atom is 0.416 e. The number of rotatable bonds is 2. The van der Waals surface area contributed by atoms with Crippen molar-refractivity contribution < 1.29 is 13.2 Å². The number of fused-ring (bicyclic) bond motifs is 1. The first-order valence-corrected chi connectivity index (χ1v) is 5.30. The lowest BCUT2D eigenvalue weighted by Crippen LogP contribution is -2.17. The van der Waals surface area contributed by atoms with Gasteiger partial charge < -0.3 is 10.7 Å². The Morgan fingerprint density at radius 1 is 1.29 bits per heavy atom. The summed E-state index contributed by atoms with van der Waals surface area (Å²) in [5.74, 6) is 0. The molecular formula is C12H13F3N2. The molecule has 2 nitrogen and oxygen atoms in total. The van der Waals surface area contributed by atoms with E-state index in [4.69, 9.17) is 5.73 Å². The number of H-pyrrole nitrogens is 1. The number of nitrogens with two attached hydrogens (primary N) is 1. The zero-order chi connectivity index (χ0) is 12.6. The van der Waals surface area contributed by atoms with Crippen molar-refractivity contribution in [2.24, 2.45) is 5.73 Å². The van der Waals surface area contributed by atoms with Gasteiger partial charge in [0, 0.05) is 23.7 Å². The van der Waals surface area contributed by atoms with Crippen molar-refractivity contribution in [2.75, 3.05) is 0 Å². The van der Waals surface area contributed by atoms with Crippen molar-refractivity contribution in [3.05, 3.63) is 35.5 Å². The molecule has 2 aromatic rings. The number of nitrogens with one attached hydrogen (secondary N) is 1. The molecule has 0 amide bonds. The maximum atomic E-state index is 12.5. The van der Waals surface area contributed by atoms with E-state index in [-0.39, 0.29) is 6.04 Å². The van der Waals surface area contributed by atoms with Gasteiger partial charge in [0.25, 0.3) is 0 Å². The first-order valence-electron chi connectivity index (χ1n) is 5.30. The van der Waals surface area contributed by atoms with E-state index >= 15 is 0 Å². The second kappa shape index (κ2) is 4.07. The van der Waals surface area contributed by atoms with Crippen molar-refractivity contribution in [1.82, 2.24) is 4.98 Å².